The highest BCUT2D eigenvalue weighted by Gasteiger charge is 2.34. The first-order valence-electron chi connectivity index (χ1n) is 11.2. The first-order valence-corrected chi connectivity index (χ1v) is 11.2. The molecule has 0 N–H and O–H groups in total. The molecule has 0 radical (unpaired) electrons. The van der Waals surface area contributed by atoms with E-state index in [9.17, 15) is 9.18 Å². The lowest BCUT2D eigenvalue weighted by atomic mass is 9.96. The maximum absolute atomic E-state index is 13.5. The fourth-order valence-corrected chi connectivity index (χ4v) is 4.95. The summed E-state index contributed by atoms with van der Waals surface area (Å²) in [4.78, 5) is 20.0. The second-order valence-corrected chi connectivity index (χ2v) is 8.37. The summed E-state index contributed by atoms with van der Waals surface area (Å²) in [6, 6.07) is 17.3. The molecule has 1 amide bonds. The van der Waals surface area contributed by atoms with Crippen LogP contribution in [0.5, 0.6) is 0 Å². The zero-order valence-corrected chi connectivity index (χ0v) is 17.8. The Morgan fingerprint density at radius 2 is 1.60 bits per heavy atom. The van der Waals surface area contributed by atoms with Crippen LogP contribution in [0, 0.1) is 5.82 Å². The Morgan fingerprint density at radius 3 is 2.27 bits per heavy atom. The molecule has 2 fully saturated rings. The van der Waals surface area contributed by atoms with Gasteiger partial charge in [-0.1, -0.05) is 55.8 Å². The van der Waals surface area contributed by atoms with Crippen LogP contribution >= 0.6 is 0 Å². The average molecular weight is 410 g/mol. The Balaban J connectivity index is 1.47. The van der Waals surface area contributed by atoms with Crippen molar-refractivity contribution in [1.82, 2.24) is 14.7 Å². The van der Waals surface area contributed by atoms with Crippen LogP contribution in [0.2, 0.25) is 0 Å². The van der Waals surface area contributed by atoms with Crippen LogP contribution in [0.15, 0.2) is 54.6 Å². The third-order valence-corrected chi connectivity index (χ3v) is 6.60. The molecule has 160 valence electrons. The van der Waals surface area contributed by atoms with Gasteiger partial charge in [-0.3, -0.25) is 14.6 Å². The fraction of sp³-hybridized carbons (Fsp3) is 0.480. The topological polar surface area (TPSA) is 26.8 Å². The molecule has 2 aromatic carbocycles. The number of carbonyl (C=O) groups is 1. The van der Waals surface area contributed by atoms with Gasteiger partial charge < -0.3 is 4.90 Å². The Labute approximate surface area is 179 Å². The maximum Gasteiger partial charge on any atom is 0.240 e. The molecule has 4 rings (SSSR count). The molecule has 4 nitrogen and oxygen atoms in total. The van der Waals surface area contributed by atoms with E-state index in [4.69, 9.17) is 0 Å². The summed E-state index contributed by atoms with van der Waals surface area (Å²) in [5, 5.41) is 0. The number of amides is 1. The summed E-state index contributed by atoms with van der Waals surface area (Å²) < 4.78 is 13.5. The molecule has 0 spiro atoms. The summed E-state index contributed by atoms with van der Waals surface area (Å²) in [5.41, 5.74) is 2.29. The number of halogens is 1. The van der Waals surface area contributed by atoms with Crippen LogP contribution in [0.1, 0.15) is 43.4 Å². The summed E-state index contributed by atoms with van der Waals surface area (Å²) in [6.45, 7) is 7.26. The number of piperidine rings is 1. The molecule has 2 aliphatic rings. The standard InChI is InChI=1S/C25H32FN3O/c1-2-27-15-7-6-10-23(27)25(30)29-18-16-28(17-19-29)24(20-8-4-3-5-9-20)21-11-13-22(26)14-12-21/h3-5,8-9,11-14,23-24H,2,6-7,10,15-19H2,1H3. The average Bonchev–Trinajstić information content (AvgIpc) is 2.81. The van der Waals surface area contributed by atoms with Gasteiger partial charge in [0.25, 0.3) is 0 Å². The van der Waals surface area contributed by atoms with Gasteiger partial charge >= 0.3 is 0 Å². The number of likely N-dealkylation sites (tertiary alicyclic amines) is 1. The quantitative estimate of drug-likeness (QED) is 0.749. The Kier molecular flexibility index (Phi) is 6.80. The number of carbonyl (C=O) groups excluding carboxylic acids is 1. The van der Waals surface area contributed by atoms with Crippen LogP contribution in [-0.4, -0.2) is 65.9 Å². The van der Waals surface area contributed by atoms with Crippen molar-refractivity contribution in [3.8, 4) is 0 Å². The fourth-order valence-electron chi connectivity index (χ4n) is 4.95. The molecule has 0 saturated carbocycles. The lowest BCUT2D eigenvalue weighted by molar-refractivity contribution is -0.140. The molecule has 5 heteroatoms. The molecule has 2 atom stereocenters. The molecule has 0 aliphatic carbocycles. The van der Waals surface area contributed by atoms with Gasteiger partial charge in [0, 0.05) is 26.2 Å². The first kappa shape index (κ1) is 21.0. The lowest BCUT2D eigenvalue weighted by Crippen LogP contribution is -2.56. The zero-order valence-electron chi connectivity index (χ0n) is 17.8. The van der Waals surface area contributed by atoms with Crippen molar-refractivity contribution < 1.29 is 9.18 Å². The van der Waals surface area contributed by atoms with Gasteiger partial charge in [0.05, 0.1) is 12.1 Å². The number of hydrogen-bond acceptors (Lipinski definition) is 3. The highest BCUT2D eigenvalue weighted by atomic mass is 19.1. The number of piperazine rings is 1. The monoisotopic (exact) mass is 409 g/mol. The minimum absolute atomic E-state index is 0.0531. The van der Waals surface area contributed by atoms with E-state index in [0.29, 0.717) is 5.91 Å². The van der Waals surface area contributed by atoms with Gasteiger partial charge in [-0.15, -0.1) is 0 Å². The molecular formula is C25H32FN3O. The van der Waals surface area contributed by atoms with Gasteiger partial charge in [-0.25, -0.2) is 4.39 Å². The van der Waals surface area contributed by atoms with Crippen molar-refractivity contribution in [3.05, 3.63) is 71.5 Å². The van der Waals surface area contributed by atoms with E-state index >= 15 is 0 Å². The van der Waals surface area contributed by atoms with E-state index in [1.807, 2.05) is 30.3 Å². The zero-order chi connectivity index (χ0) is 20.9. The van der Waals surface area contributed by atoms with Crippen LogP contribution < -0.4 is 0 Å². The highest BCUT2D eigenvalue weighted by Crippen LogP contribution is 2.30. The van der Waals surface area contributed by atoms with Crippen LogP contribution in [0.3, 0.4) is 0 Å². The van der Waals surface area contributed by atoms with Crippen molar-refractivity contribution in [3.63, 3.8) is 0 Å². The molecule has 2 unspecified atom stereocenters. The van der Waals surface area contributed by atoms with Gasteiger partial charge in [0.1, 0.15) is 5.82 Å². The summed E-state index contributed by atoms with van der Waals surface area (Å²) in [7, 11) is 0. The van der Waals surface area contributed by atoms with E-state index in [2.05, 4.69) is 33.8 Å². The summed E-state index contributed by atoms with van der Waals surface area (Å²) in [5.74, 6) is 0.0863. The second kappa shape index (κ2) is 9.71. The molecule has 0 aromatic heterocycles. The number of rotatable bonds is 5. The van der Waals surface area contributed by atoms with Gasteiger partial charge in [-0.05, 0) is 49.2 Å². The van der Waals surface area contributed by atoms with E-state index in [-0.39, 0.29) is 17.9 Å². The van der Waals surface area contributed by atoms with Crippen molar-refractivity contribution in [2.45, 2.75) is 38.3 Å². The smallest absolute Gasteiger partial charge is 0.240 e. The van der Waals surface area contributed by atoms with E-state index < -0.39 is 0 Å². The largest absolute Gasteiger partial charge is 0.339 e. The van der Waals surface area contributed by atoms with Gasteiger partial charge in [0.2, 0.25) is 5.91 Å². The predicted octanol–water partition coefficient (Wildman–Crippen LogP) is 3.93. The van der Waals surface area contributed by atoms with Crippen molar-refractivity contribution in [1.29, 1.82) is 0 Å². The third kappa shape index (κ3) is 4.57. The highest BCUT2D eigenvalue weighted by molar-refractivity contribution is 5.82. The Morgan fingerprint density at radius 1 is 0.933 bits per heavy atom. The van der Waals surface area contributed by atoms with Crippen LogP contribution in [-0.2, 0) is 4.79 Å². The number of likely N-dealkylation sites (N-methyl/N-ethyl adjacent to an activating group) is 1. The Bertz CT molecular complexity index is 818. The number of hydrogen-bond donors (Lipinski definition) is 0. The normalized spacial score (nSPS) is 22.1. The van der Waals surface area contributed by atoms with Crippen LogP contribution in [0.4, 0.5) is 4.39 Å². The van der Waals surface area contributed by atoms with E-state index in [0.717, 1.165) is 57.7 Å². The third-order valence-electron chi connectivity index (χ3n) is 6.60. The lowest BCUT2D eigenvalue weighted by Gasteiger charge is -2.42. The molecule has 0 bridgehead atoms. The molecular weight excluding hydrogens is 377 g/mol. The first-order chi connectivity index (χ1) is 14.7. The number of nitrogens with zero attached hydrogens (tertiary/aromatic N) is 3. The van der Waals surface area contributed by atoms with Gasteiger partial charge in [0.15, 0.2) is 0 Å². The molecule has 2 heterocycles. The van der Waals surface area contributed by atoms with E-state index in [1.54, 1.807) is 0 Å². The SMILES string of the molecule is CCN1CCCCC1C(=O)N1CCN(C(c2ccccc2)c2ccc(F)cc2)CC1. The van der Waals surface area contributed by atoms with Crippen molar-refractivity contribution in [2.75, 3.05) is 39.3 Å². The van der Waals surface area contributed by atoms with Gasteiger partial charge in [-0.2, -0.15) is 0 Å². The second-order valence-electron chi connectivity index (χ2n) is 8.37. The molecule has 2 aliphatic heterocycles. The van der Waals surface area contributed by atoms with Crippen LogP contribution in [0.25, 0.3) is 0 Å². The maximum atomic E-state index is 13.5. The Hall–Kier alpha value is -2.24. The minimum atomic E-state index is -0.214. The number of benzene rings is 2. The van der Waals surface area contributed by atoms with Crippen molar-refractivity contribution in [2.24, 2.45) is 0 Å². The molecule has 2 aromatic rings. The minimum Gasteiger partial charge on any atom is -0.339 e. The summed E-state index contributed by atoms with van der Waals surface area (Å²) in [6.07, 6.45) is 3.32. The molecule has 30 heavy (non-hydrogen) atoms. The van der Waals surface area contributed by atoms with Crippen molar-refractivity contribution >= 4 is 5.91 Å². The van der Waals surface area contributed by atoms with E-state index in [1.165, 1.54) is 24.1 Å². The molecule has 2 saturated heterocycles. The summed E-state index contributed by atoms with van der Waals surface area (Å²) >= 11 is 0. The predicted molar refractivity (Wildman–Crippen MR) is 118 cm³/mol.